The molecule has 1 aromatic rings. The summed E-state index contributed by atoms with van der Waals surface area (Å²) in [5.74, 6) is -0.0436. The Morgan fingerprint density at radius 1 is 1.22 bits per heavy atom. The Balaban J connectivity index is 1.83. The van der Waals surface area contributed by atoms with E-state index >= 15 is 0 Å². The first-order valence-electron chi connectivity index (χ1n) is 5.89. The molecule has 1 spiro atoms. The van der Waals surface area contributed by atoms with E-state index in [1.165, 1.54) is 4.90 Å². The average molecular weight is 309 g/mol. The van der Waals surface area contributed by atoms with Gasteiger partial charge in [0.1, 0.15) is 5.54 Å². The zero-order valence-electron chi connectivity index (χ0n) is 10.0. The molecule has 3 amide bonds. The average Bonchev–Trinajstić information content (AvgIpc) is 3.14. The molecule has 3 rings (SSSR count). The molecule has 0 aromatic heterocycles. The number of amides is 3. The second-order valence-corrected chi connectivity index (χ2v) is 5.81. The Hall–Kier alpha value is -1.36. The number of halogens is 1. The lowest BCUT2D eigenvalue weighted by atomic mass is 10.2. The highest BCUT2D eigenvalue weighted by Crippen LogP contribution is 2.47. The molecule has 0 bridgehead atoms. The Bertz CT molecular complexity index is 522. The van der Waals surface area contributed by atoms with Gasteiger partial charge >= 0.3 is 6.03 Å². The maximum Gasteiger partial charge on any atom is 0.327 e. The summed E-state index contributed by atoms with van der Waals surface area (Å²) in [4.78, 5) is 27.2. The van der Waals surface area contributed by atoms with Crippen LogP contribution in [-0.2, 0) is 11.3 Å². The molecule has 2 fully saturated rings. The summed E-state index contributed by atoms with van der Waals surface area (Å²) in [6.45, 7) is 0.358. The molecule has 94 valence electrons. The van der Waals surface area contributed by atoms with Gasteiger partial charge in [0, 0.05) is 11.5 Å². The third-order valence-electron chi connectivity index (χ3n) is 3.78. The number of carbonyl (C=O) groups excluding carboxylic acids is 2. The summed E-state index contributed by atoms with van der Waals surface area (Å²) in [5, 5.41) is 0. The fraction of sp³-hybridized carbons (Fsp3) is 0.385. The van der Waals surface area contributed by atoms with Crippen LogP contribution in [0.1, 0.15) is 18.4 Å². The molecule has 1 saturated carbocycles. The number of benzene rings is 1. The Labute approximate surface area is 114 Å². The van der Waals surface area contributed by atoms with E-state index in [0.717, 1.165) is 22.9 Å². The van der Waals surface area contributed by atoms with Gasteiger partial charge in [0.05, 0.1) is 6.54 Å². The summed E-state index contributed by atoms with van der Waals surface area (Å²) in [6.07, 6.45) is 1.59. The fourth-order valence-corrected chi connectivity index (χ4v) is 2.69. The maximum absolute atomic E-state index is 12.2. The third-order valence-corrected chi connectivity index (χ3v) is 4.31. The molecule has 1 aliphatic carbocycles. The number of rotatable bonds is 2. The van der Waals surface area contributed by atoms with Gasteiger partial charge in [0.25, 0.3) is 5.91 Å². The largest absolute Gasteiger partial charge is 0.327 e. The molecule has 2 aliphatic rings. The quantitative estimate of drug-likeness (QED) is 0.787. The number of hydrogen-bond donors (Lipinski definition) is 0. The predicted octanol–water partition coefficient (Wildman–Crippen LogP) is 2.38. The highest BCUT2D eigenvalue weighted by molar-refractivity contribution is 9.10. The zero-order valence-corrected chi connectivity index (χ0v) is 11.6. The summed E-state index contributed by atoms with van der Waals surface area (Å²) in [6, 6.07) is 7.49. The van der Waals surface area contributed by atoms with Crippen LogP contribution < -0.4 is 0 Å². The fourth-order valence-electron chi connectivity index (χ4n) is 2.43. The van der Waals surface area contributed by atoms with Crippen molar-refractivity contribution in [3.63, 3.8) is 0 Å². The monoisotopic (exact) mass is 308 g/mol. The van der Waals surface area contributed by atoms with E-state index in [0.29, 0.717) is 6.54 Å². The molecular weight excluding hydrogens is 296 g/mol. The van der Waals surface area contributed by atoms with E-state index in [2.05, 4.69) is 15.9 Å². The molecule has 4 nitrogen and oxygen atoms in total. The van der Waals surface area contributed by atoms with Crippen molar-refractivity contribution in [1.82, 2.24) is 9.80 Å². The highest BCUT2D eigenvalue weighted by atomic mass is 79.9. The van der Waals surface area contributed by atoms with Gasteiger partial charge in [-0.25, -0.2) is 4.79 Å². The van der Waals surface area contributed by atoms with Crippen LogP contribution in [-0.4, -0.2) is 34.3 Å². The first kappa shape index (κ1) is 11.7. The second-order valence-electron chi connectivity index (χ2n) is 4.89. The molecule has 0 atom stereocenters. The number of urea groups is 1. The van der Waals surface area contributed by atoms with Crippen molar-refractivity contribution >= 4 is 27.9 Å². The Morgan fingerprint density at radius 3 is 2.33 bits per heavy atom. The van der Waals surface area contributed by atoms with Gasteiger partial charge in [0.2, 0.25) is 0 Å². The number of hydrogen-bond acceptors (Lipinski definition) is 2. The molecule has 0 unspecified atom stereocenters. The third kappa shape index (κ3) is 1.57. The number of carbonyl (C=O) groups is 2. The lowest BCUT2D eigenvalue weighted by molar-refractivity contribution is -0.129. The van der Waals surface area contributed by atoms with Crippen LogP contribution in [0.4, 0.5) is 4.79 Å². The van der Waals surface area contributed by atoms with Gasteiger partial charge in [-0.15, -0.1) is 0 Å². The van der Waals surface area contributed by atoms with Crippen LogP contribution in [0.25, 0.3) is 0 Å². The molecule has 1 heterocycles. The van der Waals surface area contributed by atoms with Crippen molar-refractivity contribution in [1.29, 1.82) is 0 Å². The topological polar surface area (TPSA) is 40.6 Å². The van der Waals surface area contributed by atoms with Crippen molar-refractivity contribution < 1.29 is 9.59 Å². The van der Waals surface area contributed by atoms with E-state index in [9.17, 15) is 9.59 Å². The normalized spacial score (nSPS) is 21.0. The molecule has 1 aliphatic heterocycles. The minimum Gasteiger partial charge on any atom is -0.313 e. The van der Waals surface area contributed by atoms with Gasteiger partial charge in [-0.2, -0.15) is 0 Å². The summed E-state index contributed by atoms with van der Waals surface area (Å²) in [7, 11) is 1.72. The van der Waals surface area contributed by atoms with Crippen LogP contribution >= 0.6 is 15.9 Å². The molecular formula is C13H13BrN2O2. The molecule has 0 radical (unpaired) electrons. The molecule has 5 heteroatoms. The van der Waals surface area contributed by atoms with Crippen LogP contribution in [0.3, 0.4) is 0 Å². The predicted molar refractivity (Wildman–Crippen MR) is 69.8 cm³/mol. The minimum atomic E-state index is -0.507. The molecule has 0 N–H and O–H groups in total. The standard InChI is InChI=1S/C13H13BrN2O2/c1-15-12(18)16(11(17)13(15)6-7-13)8-9-2-4-10(14)5-3-9/h2-5H,6-8H2,1H3. The second kappa shape index (κ2) is 3.82. The van der Waals surface area contributed by atoms with Crippen molar-refractivity contribution in [3.05, 3.63) is 34.3 Å². The van der Waals surface area contributed by atoms with E-state index in [1.807, 2.05) is 24.3 Å². The lowest BCUT2D eigenvalue weighted by Crippen LogP contribution is -2.33. The summed E-state index contributed by atoms with van der Waals surface area (Å²) >= 11 is 3.36. The first-order chi connectivity index (χ1) is 8.54. The van der Waals surface area contributed by atoms with Crippen molar-refractivity contribution in [2.45, 2.75) is 24.9 Å². The van der Waals surface area contributed by atoms with Crippen molar-refractivity contribution in [2.24, 2.45) is 0 Å². The first-order valence-corrected chi connectivity index (χ1v) is 6.68. The van der Waals surface area contributed by atoms with Gasteiger partial charge in [-0.3, -0.25) is 9.69 Å². The van der Waals surface area contributed by atoms with Gasteiger partial charge < -0.3 is 4.90 Å². The van der Waals surface area contributed by atoms with Crippen molar-refractivity contribution in [2.75, 3.05) is 7.05 Å². The van der Waals surface area contributed by atoms with Crippen LogP contribution in [0.2, 0.25) is 0 Å². The van der Waals surface area contributed by atoms with E-state index < -0.39 is 5.54 Å². The lowest BCUT2D eigenvalue weighted by Gasteiger charge is -2.14. The highest BCUT2D eigenvalue weighted by Gasteiger charge is 2.63. The summed E-state index contributed by atoms with van der Waals surface area (Å²) < 4.78 is 0.987. The van der Waals surface area contributed by atoms with Crippen LogP contribution in [0, 0.1) is 0 Å². The van der Waals surface area contributed by atoms with Gasteiger partial charge in [0.15, 0.2) is 0 Å². The van der Waals surface area contributed by atoms with Crippen molar-refractivity contribution in [3.8, 4) is 0 Å². The molecule has 1 saturated heterocycles. The van der Waals surface area contributed by atoms with Crippen LogP contribution in [0.15, 0.2) is 28.7 Å². The van der Waals surface area contributed by atoms with Gasteiger partial charge in [-0.05, 0) is 30.5 Å². The molecule has 18 heavy (non-hydrogen) atoms. The number of imide groups is 1. The van der Waals surface area contributed by atoms with E-state index in [-0.39, 0.29) is 11.9 Å². The van der Waals surface area contributed by atoms with Gasteiger partial charge in [-0.1, -0.05) is 28.1 Å². The minimum absolute atomic E-state index is 0.0436. The molecule has 1 aromatic carbocycles. The van der Waals surface area contributed by atoms with Crippen LogP contribution in [0.5, 0.6) is 0 Å². The maximum atomic E-state index is 12.2. The Morgan fingerprint density at radius 2 is 1.83 bits per heavy atom. The number of nitrogens with zero attached hydrogens (tertiary/aromatic N) is 2. The smallest absolute Gasteiger partial charge is 0.313 e. The SMILES string of the molecule is CN1C(=O)N(Cc2ccc(Br)cc2)C(=O)C12CC2. The summed E-state index contributed by atoms with van der Waals surface area (Å²) in [5.41, 5.74) is 0.456. The Kier molecular flexibility index (Phi) is 2.48. The van der Waals surface area contributed by atoms with E-state index in [4.69, 9.17) is 0 Å². The zero-order chi connectivity index (χ0) is 12.9. The van der Waals surface area contributed by atoms with E-state index in [1.54, 1.807) is 11.9 Å². The number of likely N-dealkylation sites (N-methyl/N-ethyl adjacent to an activating group) is 1.